The normalized spacial score (nSPS) is 18.2. The summed E-state index contributed by atoms with van der Waals surface area (Å²) >= 11 is 0. The smallest absolute Gasteiger partial charge is 0.410 e. The zero-order valence-corrected chi connectivity index (χ0v) is 10.3. The van der Waals surface area contributed by atoms with Crippen molar-refractivity contribution in [2.75, 3.05) is 0 Å². The van der Waals surface area contributed by atoms with Crippen molar-refractivity contribution in [2.24, 2.45) is 0 Å². The minimum atomic E-state index is -0.839. The monoisotopic (exact) mass is 229 g/mol. The van der Waals surface area contributed by atoms with E-state index >= 15 is 0 Å². The van der Waals surface area contributed by atoms with E-state index in [2.05, 4.69) is 5.32 Å². The summed E-state index contributed by atoms with van der Waals surface area (Å²) in [6, 6.07) is 0. The third-order valence-corrected chi connectivity index (χ3v) is 2.23. The predicted octanol–water partition coefficient (Wildman–Crippen LogP) is 1.95. The maximum atomic E-state index is 11.5. The Labute approximate surface area is 95.5 Å². The van der Waals surface area contributed by atoms with Crippen LogP contribution >= 0.6 is 0 Å². The summed E-state index contributed by atoms with van der Waals surface area (Å²) in [4.78, 5) is 22.4. The van der Waals surface area contributed by atoms with E-state index in [4.69, 9.17) is 9.47 Å². The van der Waals surface area contributed by atoms with E-state index in [9.17, 15) is 9.59 Å². The van der Waals surface area contributed by atoms with Gasteiger partial charge in [-0.05, 0) is 27.2 Å². The van der Waals surface area contributed by atoms with Crippen LogP contribution in [0.5, 0.6) is 0 Å². The van der Waals surface area contributed by atoms with E-state index < -0.39 is 23.4 Å². The fourth-order valence-electron chi connectivity index (χ4n) is 1.52. The molecule has 0 aromatic rings. The maximum Gasteiger partial charge on any atom is 0.410 e. The molecule has 0 bridgehead atoms. The number of carbonyl (C=O) groups is 2. The van der Waals surface area contributed by atoms with Crippen LogP contribution in [0.15, 0.2) is 0 Å². The van der Waals surface area contributed by atoms with Crippen molar-refractivity contribution in [1.82, 2.24) is 5.32 Å². The van der Waals surface area contributed by atoms with Gasteiger partial charge in [0, 0.05) is 19.8 Å². The number of hydrogen-bond acceptors (Lipinski definition) is 4. The second-order valence-corrected chi connectivity index (χ2v) is 5.07. The molecule has 1 aliphatic carbocycles. The van der Waals surface area contributed by atoms with Gasteiger partial charge in [-0.1, -0.05) is 0 Å². The minimum absolute atomic E-state index is 0.393. The van der Waals surface area contributed by atoms with Crippen LogP contribution < -0.4 is 5.32 Å². The topological polar surface area (TPSA) is 64.6 Å². The lowest BCUT2D eigenvalue weighted by atomic mass is 9.88. The molecule has 0 atom stereocenters. The van der Waals surface area contributed by atoms with Crippen molar-refractivity contribution in [3.8, 4) is 0 Å². The predicted molar refractivity (Wildman–Crippen MR) is 57.7 cm³/mol. The number of carbonyl (C=O) groups excluding carboxylic acids is 2. The highest BCUT2D eigenvalue weighted by molar-refractivity contribution is 5.71. The number of ether oxygens (including phenoxy) is 2. The Bertz CT molecular complexity index is 289. The van der Waals surface area contributed by atoms with Crippen LogP contribution in [0.3, 0.4) is 0 Å². The Hall–Kier alpha value is -1.26. The van der Waals surface area contributed by atoms with Crippen molar-refractivity contribution < 1.29 is 19.1 Å². The summed E-state index contributed by atoms with van der Waals surface area (Å²) in [6.45, 7) is 6.68. The van der Waals surface area contributed by atoms with Crippen LogP contribution in [0.4, 0.5) is 4.79 Å². The number of nitrogens with one attached hydrogen (secondary N) is 1. The molecule has 1 rings (SSSR count). The van der Waals surface area contributed by atoms with Gasteiger partial charge in [0.05, 0.1) is 0 Å². The lowest BCUT2D eigenvalue weighted by molar-refractivity contribution is -0.171. The first-order chi connectivity index (χ1) is 7.22. The minimum Gasteiger partial charge on any atom is -0.444 e. The van der Waals surface area contributed by atoms with Crippen molar-refractivity contribution in [2.45, 2.75) is 58.3 Å². The maximum absolute atomic E-state index is 11.5. The highest BCUT2D eigenvalue weighted by atomic mass is 16.6. The molecule has 0 radical (unpaired) electrons. The van der Waals surface area contributed by atoms with Crippen LogP contribution in [0.2, 0.25) is 0 Å². The molecule has 0 aliphatic heterocycles. The Morgan fingerprint density at radius 1 is 1.25 bits per heavy atom. The highest BCUT2D eigenvalue weighted by Gasteiger charge is 2.42. The summed E-state index contributed by atoms with van der Waals surface area (Å²) < 4.78 is 10.2. The number of alkyl carbamates (subject to hydrolysis) is 1. The van der Waals surface area contributed by atoms with Crippen LogP contribution in [0, 0.1) is 0 Å². The molecule has 1 aliphatic rings. The SMILES string of the molecule is CC(=O)OC1(NC(=O)OC(C)(C)C)CCC1. The molecule has 0 spiro atoms. The summed E-state index contributed by atoms with van der Waals surface area (Å²) in [5.41, 5.74) is -1.39. The largest absolute Gasteiger partial charge is 0.444 e. The molecule has 0 heterocycles. The lowest BCUT2D eigenvalue weighted by Gasteiger charge is -2.41. The second kappa shape index (κ2) is 4.31. The van der Waals surface area contributed by atoms with E-state index in [1.165, 1.54) is 6.92 Å². The summed E-state index contributed by atoms with van der Waals surface area (Å²) in [5.74, 6) is -0.393. The van der Waals surface area contributed by atoms with Crippen molar-refractivity contribution in [3.63, 3.8) is 0 Å². The van der Waals surface area contributed by atoms with Crippen molar-refractivity contribution in [3.05, 3.63) is 0 Å². The van der Waals surface area contributed by atoms with E-state index in [-0.39, 0.29) is 0 Å². The van der Waals surface area contributed by atoms with E-state index in [1.807, 2.05) is 0 Å². The first-order valence-electron chi connectivity index (χ1n) is 5.43. The molecule has 1 N–H and O–H groups in total. The number of rotatable bonds is 2. The van der Waals surface area contributed by atoms with Crippen LogP contribution in [0.1, 0.15) is 47.0 Å². The Balaban J connectivity index is 2.50. The van der Waals surface area contributed by atoms with Gasteiger partial charge in [0.2, 0.25) is 0 Å². The zero-order valence-electron chi connectivity index (χ0n) is 10.3. The molecule has 1 fully saturated rings. The molecular weight excluding hydrogens is 210 g/mol. The fourth-order valence-corrected chi connectivity index (χ4v) is 1.52. The van der Waals surface area contributed by atoms with Gasteiger partial charge in [-0.3, -0.25) is 10.1 Å². The fraction of sp³-hybridized carbons (Fsp3) is 0.818. The summed E-state index contributed by atoms with van der Waals surface area (Å²) in [6.07, 6.45) is 1.68. The molecule has 92 valence electrons. The highest BCUT2D eigenvalue weighted by Crippen LogP contribution is 2.33. The van der Waals surface area contributed by atoms with Crippen LogP contribution in [0.25, 0.3) is 0 Å². The first kappa shape index (κ1) is 12.8. The second-order valence-electron chi connectivity index (χ2n) is 5.07. The van der Waals surface area contributed by atoms with Gasteiger partial charge < -0.3 is 9.47 Å². The van der Waals surface area contributed by atoms with Gasteiger partial charge in [0.15, 0.2) is 5.72 Å². The Morgan fingerprint density at radius 3 is 2.12 bits per heavy atom. The van der Waals surface area contributed by atoms with Gasteiger partial charge in [-0.2, -0.15) is 0 Å². The van der Waals surface area contributed by atoms with E-state index in [1.54, 1.807) is 20.8 Å². The molecule has 1 saturated carbocycles. The van der Waals surface area contributed by atoms with Gasteiger partial charge in [0.1, 0.15) is 5.60 Å². The molecule has 16 heavy (non-hydrogen) atoms. The van der Waals surface area contributed by atoms with Gasteiger partial charge in [-0.15, -0.1) is 0 Å². The first-order valence-corrected chi connectivity index (χ1v) is 5.43. The standard InChI is InChI=1S/C11H19NO4/c1-8(13)15-11(6-5-7-11)12-9(14)16-10(2,3)4/h5-7H2,1-4H3,(H,12,14). The van der Waals surface area contributed by atoms with Crippen molar-refractivity contribution >= 4 is 12.1 Å². The Kier molecular flexibility index (Phi) is 3.45. The average molecular weight is 229 g/mol. The molecule has 0 saturated heterocycles. The van der Waals surface area contributed by atoms with Crippen molar-refractivity contribution in [1.29, 1.82) is 0 Å². The van der Waals surface area contributed by atoms with Gasteiger partial charge in [-0.25, -0.2) is 4.79 Å². The van der Waals surface area contributed by atoms with E-state index in [0.717, 1.165) is 6.42 Å². The van der Waals surface area contributed by atoms with E-state index in [0.29, 0.717) is 12.8 Å². The molecule has 0 aromatic carbocycles. The Morgan fingerprint density at radius 2 is 1.81 bits per heavy atom. The molecular formula is C11H19NO4. The van der Waals surface area contributed by atoms with Gasteiger partial charge >= 0.3 is 12.1 Å². The molecule has 5 nitrogen and oxygen atoms in total. The zero-order chi connectivity index (χ0) is 12.4. The van der Waals surface area contributed by atoms with Crippen LogP contribution in [-0.2, 0) is 14.3 Å². The summed E-state index contributed by atoms with van der Waals surface area (Å²) in [5, 5.41) is 2.61. The quantitative estimate of drug-likeness (QED) is 0.580. The molecule has 5 heteroatoms. The lowest BCUT2D eigenvalue weighted by Crippen LogP contribution is -2.57. The van der Waals surface area contributed by atoms with Crippen LogP contribution in [-0.4, -0.2) is 23.4 Å². The molecule has 0 unspecified atom stereocenters. The number of hydrogen-bond donors (Lipinski definition) is 1. The molecule has 0 aromatic heterocycles. The van der Waals surface area contributed by atoms with Gasteiger partial charge in [0.25, 0.3) is 0 Å². The third kappa shape index (κ3) is 3.72. The average Bonchev–Trinajstić information content (AvgIpc) is 1.95. The number of amides is 1. The third-order valence-electron chi connectivity index (χ3n) is 2.23. The molecule has 1 amide bonds. The summed E-state index contributed by atoms with van der Waals surface area (Å²) in [7, 11) is 0. The number of esters is 1.